The minimum Gasteiger partial charge on any atom is -0.255 e. The molecule has 2 aromatic carbocycles. The lowest BCUT2D eigenvalue weighted by atomic mass is 10.1. The van der Waals surface area contributed by atoms with Gasteiger partial charge in [0.2, 0.25) is 0 Å². The van der Waals surface area contributed by atoms with Crippen LogP contribution >= 0.6 is 0 Å². The Labute approximate surface area is 171 Å². The van der Waals surface area contributed by atoms with E-state index in [4.69, 9.17) is 9.97 Å². The molecule has 0 radical (unpaired) electrons. The molecule has 0 saturated carbocycles. The normalized spacial score (nSPS) is 11.3. The lowest BCUT2D eigenvalue weighted by molar-refractivity contribution is 1.21. The molecule has 6 heteroatoms. The van der Waals surface area contributed by atoms with E-state index < -0.39 is 0 Å². The van der Waals surface area contributed by atoms with Gasteiger partial charge in [0, 0.05) is 35.1 Å². The molecular weight excluding hydrogens is 372 g/mol. The number of benzene rings is 2. The maximum absolute atomic E-state index is 4.73. The van der Waals surface area contributed by atoms with Crippen LogP contribution < -0.4 is 0 Å². The van der Waals surface area contributed by atoms with Crippen molar-refractivity contribution >= 4 is 33.0 Å². The minimum absolute atomic E-state index is 0.626. The Morgan fingerprint density at radius 2 is 1.33 bits per heavy atom. The van der Waals surface area contributed by atoms with Crippen molar-refractivity contribution < 1.29 is 0 Å². The van der Waals surface area contributed by atoms with Crippen molar-refractivity contribution in [2.45, 2.75) is 0 Å². The Hall–Kier alpha value is -4.32. The van der Waals surface area contributed by atoms with Crippen LogP contribution in [0.1, 0.15) is 0 Å². The highest BCUT2D eigenvalue weighted by atomic mass is 14.9. The molecule has 0 bridgehead atoms. The fourth-order valence-electron chi connectivity index (χ4n) is 3.50. The summed E-state index contributed by atoms with van der Waals surface area (Å²) in [6, 6.07) is 19.7. The molecule has 30 heavy (non-hydrogen) atoms. The molecule has 0 saturated heterocycles. The van der Waals surface area contributed by atoms with E-state index in [0.29, 0.717) is 5.82 Å². The van der Waals surface area contributed by atoms with Crippen molar-refractivity contribution in [1.82, 2.24) is 29.9 Å². The molecule has 0 aliphatic heterocycles. The average Bonchev–Trinajstić information content (AvgIpc) is 2.83. The fraction of sp³-hybridized carbons (Fsp3) is 0. The van der Waals surface area contributed by atoms with Crippen LogP contribution in [0.4, 0.5) is 0 Å². The van der Waals surface area contributed by atoms with Crippen LogP contribution in [0, 0.1) is 0 Å². The molecule has 6 aromatic rings. The van der Waals surface area contributed by atoms with Crippen molar-refractivity contribution in [3.05, 3.63) is 85.5 Å². The summed E-state index contributed by atoms with van der Waals surface area (Å²) >= 11 is 0. The first-order chi connectivity index (χ1) is 14.8. The van der Waals surface area contributed by atoms with Crippen LogP contribution in [0.15, 0.2) is 85.5 Å². The quantitative estimate of drug-likeness (QED) is 0.423. The molecule has 4 aromatic heterocycles. The summed E-state index contributed by atoms with van der Waals surface area (Å²) in [6.07, 6.45) is 7.17. The third kappa shape index (κ3) is 2.82. The molecule has 0 aliphatic rings. The van der Waals surface area contributed by atoms with Gasteiger partial charge in [0.15, 0.2) is 5.82 Å². The van der Waals surface area contributed by atoms with Gasteiger partial charge in [-0.1, -0.05) is 18.2 Å². The maximum atomic E-state index is 4.73. The van der Waals surface area contributed by atoms with Crippen molar-refractivity contribution in [1.29, 1.82) is 0 Å². The van der Waals surface area contributed by atoms with E-state index >= 15 is 0 Å². The second kappa shape index (κ2) is 6.63. The molecule has 0 atom stereocenters. The highest BCUT2D eigenvalue weighted by Crippen LogP contribution is 2.25. The van der Waals surface area contributed by atoms with Gasteiger partial charge >= 0.3 is 0 Å². The van der Waals surface area contributed by atoms with Crippen LogP contribution in [0.5, 0.6) is 0 Å². The molecule has 0 N–H and O–H groups in total. The monoisotopic (exact) mass is 386 g/mol. The molecule has 4 heterocycles. The maximum Gasteiger partial charge on any atom is 0.161 e. The summed E-state index contributed by atoms with van der Waals surface area (Å²) in [5.74, 6) is 0.626. The van der Waals surface area contributed by atoms with Crippen LogP contribution in [0.3, 0.4) is 0 Å². The lowest BCUT2D eigenvalue weighted by Gasteiger charge is -2.06. The molecule has 0 spiro atoms. The smallest absolute Gasteiger partial charge is 0.161 e. The Bertz CT molecular complexity index is 1440. The Morgan fingerprint density at radius 1 is 0.500 bits per heavy atom. The first kappa shape index (κ1) is 16.6. The SMILES string of the molecule is c1cnc2cc(-c3ncc4cc(-c5cnc6ccccc6n5)ccc4n3)cnc2c1. The summed E-state index contributed by atoms with van der Waals surface area (Å²) in [7, 11) is 0. The van der Waals surface area contributed by atoms with E-state index in [1.54, 1.807) is 18.6 Å². The predicted molar refractivity (Wildman–Crippen MR) is 117 cm³/mol. The van der Waals surface area contributed by atoms with Crippen molar-refractivity contribution in [3.8, 4) is 22.6 Å². The highest BCUT2D eigenvalue weighted by molar-refractivity contribution is 5.86. The molecule has 0 unspecified atom stereocenters. The van der Waals surface area contributed by atoms with E-state index in [2.05, 4.69) is 19.9 Å². The fourth-order valence-corrected chi connectivity index (χ4v) is 3.50. The molecule has 140 valence electrons. The third-order valence-electron chi connectivity index (χ3n) is 5.03. The number of nitrogens with zero attached hydrogens (tertiary/aromatic N) is 6. The van der Waals surface area contributed by atoms with Crippen molar-refractivity contribution in [2.24, 2.45) is 0 Å². The molecule has 0 amide bonds. The van der Waals surface area contributed by atoms with Gasteiger partial charge in [-0.15, -0.1) is 0 Å². The Balaban J connectivity index is 1.41. The zero-order valence-electron chi connectivity index (χ0n) is 15.8. The summed E-state index contributed by atoms with van der Waals surface area (Å²) in [4.78, 5) is 27.3. The Morgan fingerprint density at radius 3 is 2.30 bits per heavy atom. The number of hydrogen-bond acceptors (Lipinski definition) is 6. The third-order valence-corrected chi connectivity index (χ3v) is 5.03. The van der Waals surface area contributed by atoms with Gasteiger partial charge in [-0.2, -0.15) is 0 Å². The first-order valence-corrected chi connectivity index (χ1v) is 9.54. The topological polar surface area (TPSA) is 77.3 Å². The Kier molecular flexibility index (Phi) is 3.67. The zero-order chi connectivity index (χ0) is 19.9. The van der Waals surface area contributed by atoms with Gasteiger partial charge in [0.1, 0.15) is 0 Å². The van der Waals surface area contributed by atoms with E-state index in [9.17, 15) is 0 Å². The van der Waals surface area contributed by atoms with Gasteiger partial charge < -0.3 is 0 Å². The second-order valence-electron chi connectivity index (χ2n) is 6.98. The zero-order valence-corrected chi connectivity index (χ0v) is 15.8. The van der Waals surface area contributed by atoms with E-state index in [0.717, 1.165) is 49.8 Å². The van der Waals surface area contributed by atoms with Gasteiger partial charge in [0.05, 0.1) is 39.5 Å². The average molecular weight is 386 g/mol. The number of rotatable bonds is 2. The first-order valence-electron chi connectivity index (χ1n) is 9.54. The van der Waals surface area contributed by atoms with Crippen molar-refractivity contribution in [2.75, 3.05) is 0 Å². The molecular formula is C24H14N6. The van der Waals surface area contributed by atoms with Gasteiger partial charge in [0.25, 0.3) is 0 Å². The van der Waals surface area contributed by atoms with Crippen LogP contribution in [0.25, 0.3) is 55.6 Å². The standard InChI is InChI=1S/C24H14N6/c1-2-5-21-19(4-1)27-14-23(29-21)15-7-8-18-16(10-15)12-28-24(30-18)17-11-22-20(26-13-17)6-3-9-25-22/h1-14H. The number of aromatic nitrogens is 6. The van der Waals surface area contributed by atoms with Gasteiger partial charge in [-0.3, -0.25) is 15.0 Å². The molecule has 6 rings (SSSR count). The number of hydrogen-bond donors (Lipinski definition) is 0. The van der Waals surface area contributed by atoms with Gasteiger partial charge in [-0.25, -0.2) is 15.0 Å². The van der Waals surface area contributed by atoms with Crippen LogP contribution in [-0.4, -0.2) is 29.9 Å². The summed E-state index contributed by atoms with van der Waals surface area (Å²) in [5, 5.41) is 0.943. The highest BCUT2D eigenvalue weighted by Gasteiger charge is 2.08. The van der Waals surface area contributed by atoms with E-state index in [1.807, 2.05) is 66.9 Å². The van der Waals surface area contributed by atoms with Crippen LogP contribution in [0.2, 0.25) is 0 Å². The summed E-state index contributed by atoms with van der Waals surface area (Å²) in [5.41, 5.74) is 6.93. The number of para-hydroxylation sites is 2. The van der Waals surface area contributed by atoms with Crippen molar-refractivity contribution in [3.63, 3.8) is 0 Å². The van der Waals surface area contributed by atoms with E-state index in [1.165, 1.54) is 0 Å². The van der Waals surface area contributed by atoms with Crippen LogP contribution in [-0.2, 0) is 0 Å². The summed E-state index contributed by atoms with van der Waals surface area (Å²) < 4.78 is 0. The minimum atomic E-state index is 0.626. The second-order valence-corrected chi connectivity index (χ2v) is 6.98. The number of fused-ring (bicyclic) bond motifs is 3. The summed E-state index contributed by atoms with van der Waals surface area (Å²) in [6.45, 7) is 0. The lowest BCUT2D eigenvalue weighted by Crippen LogP contribution is -1.93. The molecule has 0 aliphatic carbocycles. The largest absolute Gasteiger partial charge is 0.255 e. The molecule has 6 nitrogen and oxygen atoms in total. The number of pyridine rings is 2. The van der Waals surface area contributed by atoms with Gasteiger partial charge in [-0.05, 0) is 42.5 Å². The predicted octanol–water partition coefficient (Wildman–Crippen LogP) is 4.85. The molecule has 0 fully saturated rings. The van der Waals surface area contributed by atoms with E-state index in [-0.39, 0.29) is 0 Å².